The van der Waals surface area contributed by atoms with Gasteiger partial charge in [-0.05, 0) is 31.2 Å². The zero-order valence-corrected chi connectivity index (χ0v) is 11.0. The molecule has 1 saturated carbocycles. The second-order valence-corrected chi connectivity index (χ2v) is 5.59. The highest BCUT2D eigenvalue weighted by atomic mass is 16.2. The number of hydrogen-bond acceptors (Lipinski definition) is 2. The lowest BCUT2D eigenvalue weighted by Gasteiger charge is -2.23. The fourth-order valence-electron chi connectivity index (χ4n) is 2.38. The van der Waals surface area contributed by atoms with Gasteiger partial charge in [-0.15, -0.1) is 0 Å². The van der Waals surface area contributed by atoms with Crippen LogP contribution in [0.3, 0.4) is 0 Å². The van der Waals surface area contributed by atoms with Crippen molar-refractivity contribution in [2.24, 2.45) is 5.41 Å². The van der Waals surface area contributed by atoms with Gasteiger partial charge < -0.3 is 10.2 Å². The second kappa shape index (κ2) is 6.24. The molecule has 1 aliphatic carbocycles. The number of amides is 1. The molecule has 0 aromatic rings. The standard InChI is InChI=1S/C13H26N2O/c1-13(8-4-5-9-13)11-14-10-6-7-12(16)15(2)3/h14H,4-11H2,1-3H3. The van der Waals surface area contributed by atoms with E-state index in [0.717, 1.165) is 19.5 Å². The summed E-state index contributed by atoms with van der Waals surface area (Å²) in [6.07, 6.45) is 7.10. The van der Waals surface area contributed by atoms with E-state index in [9.17, 15) is 4.79 Å². The Balaban J connectivity index is 2.01. The summed E-state index contributed by atoms with van der Waals surface area (Å²) in [7, 11) is 3.63. The van der Waals surface area contributed by atoms with Crippen LogP contribution in [-0.2, 0) is 4.79 Å². The van der Waals surface area contributed by atoms with Crippen molar-refractivity contribution in [3.8, 4) is 0 Å². The molecule has 0 unspecified atom stereocenters. The Morgan fingerprint density at radius 2 is 1.94 bits per heavy atom. The van der Waals surface area contributed by atoms with Crippen LogP contribution in [0.2, 0.25) is 0 Å². The van der Waals surface area contributed by atoms with Crippen LogP contribution in [0.25, 0.3) is 0 Å². The zero-order valence-electron chi connectivity index (χ0n) is 11.0. The maximum absolute atomic E-state index is 11.3. The highest BCUT2D eigenvalue weighted by molar-refractivity contribution is 5.75. The lowest BCUT2D eigenvalue weighted by molar-refractivity contribution is -0.128. The largest absolute Gasteiger partial charge is 0.349 e. The molecule has 3 nitrogen and oxygen atoms in total. The average Bonchev–Trinajstić information content (AvgIpc) is 2.64. The third-order valence-electron chi connectivity index (χ3n) is 3.61. The first-order valence-electron chi connectivity index (χ1n) is 6.44. The van der Waals surface area contributed by atoms with E-state index in [0.29, 0.717) is 11.8 Å². The molecular weight excluding hydrogens is 200 g/mol. The van der Waals surface area contributed by atoms with Gasteiger partial charge in [-0.2, -0.15) is 0 Å². The van der Waals surface area contributed by atoms with Crippen molar-refractivity contribution in [1.29, 1.82) is 0 Å². The number of nitrogens with zero attached hydrogens (tertiary/aromatic N) is 1. The van der Waals surface area contributed by atoms with E-state index in [1.807, 2.05) is 14.1 Å². The zero-order chi connectivity index (χ0) is 12.0. The van der Waals surface area contributed by atoms with Crippen LogP contribution in [0.1, 0.15) is 45.4 Å². The smallest absolute Gasteiger partial charge is 0.222 e. The predicted octanol–water partition coefficient (Wildman–Crippen LogP) is 2.02. The molecule has 1 amide bonds. The topological polar surface area (TPSA) is 32.3 Å². The minimum absolute atomic E-state index is 0.230. The van der Waals surface area contributed by atoms with Crippen molar-refractivity contribution in [3.63, 3.8) is 0 Å². The van der Waals surface area contributed by atoms with Crippen LogP contribution in [0, 0.1) is 5.41 Å². The molecule has 0 atom stereocenters. The van der Waals surface area contributed by atoms with E-state index in [1.54, 1.807) is 4.90 Å². The lowest BCUT2D eigenvalue weighted by Crippen LogP contribution is -2.31. The van der Waals surface area contributed by atoms with Gasteiger partial charge in [0.1, 0.15) is 0 Å². The Hall–Kier alpha value is -0.570. The first-order chi connectivity index (χ1) is 7.53. The van der Waals surface area contributed by atoms with Gasteiger partial charge in [0.05, 0.1) is 0 Å². The van der Waals surface area contributed by atoms with E-state index in [1.165, 1.54) is 25.7 Å². The quantitative estimate of drug-likeness (QED) is 0.703. The SMILES string of the molecule is CN(C)C(=O)CCCNCC1(C)CCCC1. The summed E-state index contributed by atoms with van der Waals surface area (Å²) in [6.45, 7) is 4.45. The van der Waals surface area contributed by atoms with E-state index in [-0.39, 0.29) is 5.91 Å². The molecule has 0 aromatic heterocycles. The molecule has 3 heteroatoms. The van der Waals surface area contributed by atoms with Gasteiger partial charge in [0.25, 0.3) is 0 Å². The molecule has 0 spiro atoms. The summed E-state index contributed by atoms with van der Waals surface area (Å²) in [6, 6.07) is 0. The predicted molar refractivity (Wildman–Crippen MR) is 67.4 cm³/mol. The van der Waals surface area contributed by atoms with Gasteiger partial charge in [-0.25, -0.2) is 0 Å². The highest BCUT2D eigenvalue weighted by Crippen LogP contribution is 2.36. The van der Waals surface area contributed by atoms with Crippen LogP contribution in [0.5, 0.6) is 0 Å². The first kappa shape index (κ1) is 13.5. The van der Waals surface area contributed by atoms with E-state index < -0.39 is 0 Å². The molecule has 94 valence electrons. The molecule has 0 radical (unpaired) electrons. The molecule has 1 rings (SSSR count). The normalized spacial score (nSPS) is 18.7. The molecule has 0 bridgehead atoms. The third-order valence-corrected chi connectivity index (χ3v) is 3.61. The average molecular weight is 226 g/mol. The second-order valence-electron chi connectivity index (χ2n) is 5.59. The monoisotopic (exact) mass is 226 g/mol. The van der Waals surface area contributed by atoms with Crippen molar-refractivity contribution in [2.45, 2.75) is 45.4 Å². The number of rotatable bonds is 6. The summed E-state index contributed by atoms with van der Waals surface area (Å²) in [5.41, 5.74) is 0.519. The summed E-state index contributed by atoms with van der Waals surface area (Å²) < 4.78 is 0. The Bertz CT molecular complexity index is 220. The van der Waals surface area contributed by atoms with Crippen LogP contribution < -0.4 is 5.32 Å². The number of carbonyl (C=O) groups excluding carboxylic acids is 1. The molecule has 1 aliphatic rings. The Morgan fingerprint density at radius 1 is 1.31 bits per heavy atom. The van der Waals surface area contributed by atoms with Crippen LogP contribution in [0.4, 0.5) is 0 Å². The van der Waals surface area contributed by atoms with Crippen LogP contribution in [-0.4, -0.2) is 38.0 Å². The molecule has 0 heterocycles. The molecule has 1 fully saturated rings. The van der Waals surface area contributed by atoms with Crippen molar-refractivity contribution >= 4 is 5.91 Å². The molecule has 0 aliphatic heterocycles. The summed E-state index contributed by atoms with van der Waals surface area (Å²) in [5.74, 6) is 0.230. The van der Waals surface area contributed by atoms with Crippen LogP contribution in [0.15, 0.2) is 0 Å². The summed E-state index contributed by atoms with van der Waals surface area (Å²) in [5, 5.41) is 3.49. The van der Waals surface area contributed by atoms with E-state index >= 15 is 0 Å². The van der Waals surface area contributed by atoms with Crippen molar-refractivity contribution < 1.29 is 4.79 Å². The molecular formula is C13H26N2O. The highest BCUT2D eigenvalue weighted by Gasteiger charge is 2.27. The summed E-state index contributed by atoms with van der Waals surface area (Å²) in [4.78, 5) is 13.0. The van der Waals surface area contributed by atoms with Gasteiger partial charge in [0, 0.05) is 27.1 Å². The van der Waals surface area contributed by atoms with Gasteiger partial charge >= 0.3 is 0 Å². The minimum Gasteiger partial charge on any atom is -0.349 e. The van der Waals surface area contributed by atoms with Crippen LogP contribution >= 0.6 is 0 Å². The maximum Gasteiger partial charge on any atom is 0.222 e. The third kappa shape index (κ3) is 4.52. The number of hydrogen-bond donors (Lipinski definition) is 1. The van der Waals surface area contributed by atoms with Gasteiger partial charge in [-0.1, -0.05) is 19.8 Å². The molecule has 1 N–H and O–H groups in total. The Labute approximate surface area is 99.6 Å². The van der Waals surface area contributed by atoms with Gasteiger partial charge in [0.2, 0.25) is 5.91 Å². The number of carbonyl (C=O) groups is 1. The van der Waals surface area contributed by atoms with E-state index in [4.69, 9.17) is 0 Å². The fourth-order valence-corrected chi connectivity index (χ4v) is 2.38. The fraction of sp³-hybridized carbons (Fsp3) is 0.923. The molecule has 0 aromatic carbocycles. The maximum atomic E-state index is 11.3. The summed E-state index contributed by atoms with van der Waals surface area (Å²) >= 11 is 0. The Kier molecular flexibility index (Phi) is 5.26. The lowest BCUT2D eigenvalue weighted by atomic mass is 9.89. The van der Waals surface area contributed by atoms with Crippen molar-refractivity contribution in [3.05, 3.63) is 0 Å². The Morgan fingerprint density at radius 3 is 2.50 bits per heavy atom. The van der Waals surface area contributed by atoms with Crippen molar-refractivity contribution in [1.82, 2.24) is 10.2 Å². The number of nitrogens with one attached hydrogen (secondary N) is 1. The first-order valence-corrected chi connectivity index (χ1v) is 6.44. The van der Waals surface area contributed by atoms with E-state index in [2.05, 4.69) is 12.2 Å². The molecule has 0 saturated heterocycles. The molecule has 16 heavy (non-hydrogen) atoms. The van der Waals surface area contributed by atoms with Gasteiger partial charge in [-0.3, -0.25) is 4.79 Å². The van der Waals surface area contributed by atoms with Gasteiger partial charge in [0.15, 0.2) is 0 Å². The van der Waals surface area contributed by atoms with Crippen molar-refractivity contribution in [2.75, 3.05) is 27.2 Å². The minimum atomic E-state index is 0.230.